The van der Waals surface area contributed by atoms with Crippen LogP contribution in [0, 0.1) is 0 Å². The summed E-state index contributed by atoms with van der Waals surface area (Å²) in [5, 5.41) is 11.5. The fourth-order valence-corrected chi connectivity index (χ4v) is 3.97. The zero-order valence-electron chi connectivity index (χ0n) is 15.2. The maximum atomic E-state index is 12.4. The minimum Gasteiger partial charge on any atom is -0.459 e. The van der Waals surface area contributed by atoms with Crippen LogP contribution in [0.1, 0.15) is 59.4 Å². The van der Waals surface area contributed by atoms with Gasteiger partial charge in [-0.15, -0.1) is 23.7 Å². The van der Waals surface area contributed by atoms with E-state index in [4.69, 9.17) is 4.42 Å². The van der Waals surface area contributed by atoms with E-state index in [2.05, 4.69) is 16.0 Å². The van der Waals surface area contributed by atoms with Crippen molar-refractivity contribution in [3.63, 3.8) is 0 Å². The Morgan fingerprint density at radius 2 is 1.85 bits per heavy atom. The molecule has 0 spiro atoms. The first kappa shape index (κ1) is 21.5. The summed E-state index contributed by atoms with van der Waals surface area (Å²) in [6, 6.07) is 5.52. The lowest BCUT2D eigenvalue weighted by atomic mass is 10.1. The standard InChI is InChI=1S/C19H25N3O3S.ClH/c23-17(21-11-10-20-14-6-3-1-2-4-7-14)15-9-13-26-19(15)22-18(24)16-8-5-12-25-16;/h5,8-9,12-14,20H,1-4,6-7,10-11H2,(H,21,23)(H,22,24);1H. The zero-order valence-corrected chi connectivity index (χ0v) is 16.8. The van der Waals surface area contributed by atoms with E-state index in [1.807, 2.05) is 0 Å². The van der Waals surface area contributed by atoms with Crippen LogP contribution >= 0.6 is 23.7 Å². The molecule has 0 atom stereocenters. The third-order valence-corrected chi connectivity index (χ3v) is 5.41. The van der Waals surface area contributed by atoms with Crippen molar-refractivity contribution in [1.29, 1.82) is 0 Å². The lowest BCUT2D eigenvalue weighted by Gasteiger charge is -2.16. The van der Waals surface area contributed by atoms with Crippen molar-refractivity contribution >= 4 is 40.6 Å². The van der Waals surface area contributed by atoms with E-state index in [-0.39, 0.29) is 30.0 Å². The number of nitrogens with one attached hydrogen (secondary N) is 3. The molecule has 2 aromatic heterocycles. The van der Waals surface area contributed by atoms with Gasteiger partial charge in [-0.2, -0.15) is 0 Å². The zero-order chi connectivity index (χ0) is 18.2. The SMILES string of the molecule is Cl.O=C(Nc1sccc1C(=O)NCCNC1CCCCCC1)c1ccco1. The van der Waals surface area contributed by atoms with Crippen molar-refractivity contribution in [3.8, 4) is 0 Å². The average molecular weight is 412 g/mol. The largest absolute Gasteiger partial charge is 0.459 e. The van der Waals surface area contributed by atoms with E-state index < -0.39 is 0 Å². The van der Waals surface area contributed by atoms with Gasteiger partial charge in [0.05, 0.1) is 11.8 Å². The van der Waals surface area contributed by atoms with Crippen LogP contribution in [0.4, 0.5) is 5.00 Å². The maximum Gasteiger partial charge on any atom is 0.291 e. The van der Waals surface area contributed by atoms with Gasteiger partial charge >= 0.3 is 0 Å². The number of thiophene rings is 1. The van der Waals surface area contributed by atoms with Gasteiger partial charge in [0.1, 0.15) is 5.00 Å². The molecule has 1 saturated carbocycles. The van der Waals surface area contributed by atoms with Gasteiger partial charge in [-0.3, -0.25) is 9.59 Å². The number of amides is 2. The van der Waals surface area contributed by atoms with E-state index >= 15 is 0 Å². The Kier molecular flexibility index (Phi) is 8.84. The third kappa shape index (κ3) is 6.37. The molecular formula is C19H26ClN3O3S. The Bertz CT molecular complexity index is 710. The predicted molar refractivity (Wildman–Crippen MR) is 110 cm³/mol. The second-order valence-electron chi connectivity index (χ2n) is 6.49. The Hall–Kier alpha value is -1.83. The highest BCUT2D eigenvalue weighted by molar-refractivity contribution is 7.14. The van der Waals surface area contributed by atoms with Gasteiger partial charge in [0, 0.05) is 19.1 Å². The molecule has 2 aromatic rings. The Morgan fingerprint density at radius 3 is 2.56 bits per heavy atom. The third-order valence-electron chi connectivity index (χ3n) is 4.58. The molecule has 0 radical (unpaired) electrons. The summed E-state index contributed by atoms with van der Waals surface area (Å²) in [6.07, 6.45) is 9.13. The molecule has 3 rings (SSSR count). The number of furan rings is 1. The molecule has 2 amide bonds. The van der Waals surface area contributed by atoms with Crippen LogP contribution < -0.4 is 16.0 Å². The topological polar surface area (TPSA) is 83.4 Å². The molecule has 0 aromatic carbocycles. The summed E-state index contributed by atoms with van der Waals surface area (Å²) in [7, 11) is 0. The molecule has 2 heterocycles. The summed E-state index contributed by atoms with van der Waals surface area (Å²) < 4.78 is 5.07. The average Bonchev–Trinajstić information content (AvgIpc) is 3.27. The van der Waals surface area contributed by atoms with Crippen molar-refractivity contribution < 1.29 is 14.0 Å². The summed E-state index contributed by atoms with van der Waals surface area (Å²) in [4.78, 5) is 24.5. The molecule has 148 valence electrons. The highest BCUT2D eigenvalue weighted by atomic mass is 35.5. The highest BCUT2D eigenvalue weighted by Crippen LogP contribution is 2.24. The van der Waals surface area contributed by atoms with Crippen LogP contribution in [-0.2, 0) is 0 Å². The van der Waals surface area contributed by atoms with E-state index in [1.54, 1.807) is 23.6 Å². The number of anilines is 1. The molecule has 0 saturated heterocycles. The van der Waals surface area contributed by atoms with Crippen LogP contribution in [0.2, 0.25) is 0 Å². The molecule has 0 unspecified atom stereocenters. The van der Waals surface area contributed by atoms with Crippen molar-refractivity contribution in [2.45, 2.75) is 44.6 Å². The van der Waals surface area contributed by atoms with E-state index in [1.165, 1.54) is 56.1 Å². The monoisotopic (exact) mass is 411 g/mol. The quantitative estimate of drug-likeness (QED) is 0.474. The molecule has 1 aliphatic carbocycles. The van der Waals surface area contributed by atoms with Crippen LogP contribution in [0.15, 0.2) is 34.3 Å². The van der Waals surface area contributed by atoms with Gasteiger partial charge < -0.3 is 20.4 Å². The molecule has 3 N–H and O–H groups in total. The summed E-state index contributed by atoms with van der Waals surface area (Å²) in [5.41, 5.74) is 0.476. The first-order valence-electron chi connectivity index (χ1n) is 9.18. The minimum absolute atomic E-state index is 0. The number of carbonyl (C=O) groups excluding carboxylic acids is 2. The number of hydrogen-bond acceptors (Lipinski definition) is 5. The van der Waals surface area contributed by atoms with E-state index in [0.717, 1.165) is 6.54 Å². The molecule has 1 fully saturated rings. The fraction of sp³-hybridized carbons (Fsp3) is 0.474. The molecule has 8 heteroatoms. The van der Waals surface area contributed by atoms with Crippen molar-refractivity contribution in [2.24, 2.45) is 0 Å². The molecular weight excluding hydrogens is 386 g/mol. The summed E-state index contributed by atoms with van der Waals surface area (Å²) in [5.74, 6) is -0.317. The van der Waals surface area contributed by atoms with Crippen LogP contribution in [0.5, 0.6) is 0 Å². The predicted octanol–water partition coefficient (Wildman–Crippen LogP) is 4.06. The second kappa shape index (κ2) is 11.1. The van der Waals surface area contributed by atoms with Crippen molar-refractivity contribution in [1.82, 2.24) is 10.6 Å². The van der Waals surface area contributed by atoms with E-state index in [9.17, 15) is 9.59 Å². The molecule has 27 heavy (non-hydrogen) atoms. The van der Waals surface area contributed by atoms with Crippen LogP contribution in [0.25, 0.3) is 0 Å². The lowest BCUT2D eigenvalue weighted by molar-refractivity contribution is 0.0954. The fourth-order valence-electron chi connectivity index (χ4n) is 3.19. The number of hydrogen-bond donors (Lipinski definition) is 3. The first-order valence-corrected chi connectivity index (χ1v) is 10.1. The van der Waals surface area contributed by atoms with Crippen LogP contribution in [-0.4, -0.2) is 30.9 Å². The molecule has 6 nitrogen and oxygen atoms in total. The Morgan fingerprint density at radius 1 is 1.07 bits per heavy atom. The normalized spacial score (nSPS) is 14.8. The first-order chi connectivity index (χ1) is 12.7. The smallest absolute Gasteiger partial charge is 0.291 e. The van der Waals surface area contributed by atoms with Gasteiger partial charge in [0.25, 0.3) is 11.8 Å². The maximum absolute atomic E-state index is 12.4. The number of carbonyl (C=O) groups is 2. The second-order valence-corrected chi connectivity index (χ2v) is 7.41. The van der Waals surface area contributed by atoms with E-state index in [0.29, 0.717) is 23.2 Å². The van der Waals surface area contributed by atoms with Crippen molar-refractivity contribution in [2.75, 3.05) is 18.4 Å². The lowest BCUT2D eigenvalue weighted by Crippen LogP contribution is -2.37. The molecule has 0 aliphatic heterocycles. The van der Waals surface area contributed by atoms with Crippen molar-refractivity contribution in [3.05, 3.63) is 41.2 Å². The van der Waals surface area contributed by atoms with Crippen LogP contribution in [0.3, 0.4) is 0 Å². The summed E-state index contributed by atoms with van der Waals surface area (Å²) >= 11 is 1.32. The minimum atomic E-state index is -0.360. The Labute approximate surface area is 169 Å². The van der Waals surface area contributed by atoms with Gasteiger partial charge in [-0.1, -0.05) is 25.7 Å². The summed E-state index contributed by atoms with van der Waals surface area (Å²) in [6.45, 7) is 1.32. The van der Waals surface area contributed by atoms with Gasteiger partial charge in [0.15, 0.2) is 5.76 Å². The molecule has 0 bridgehead atoms. The molecule has 1 aliphatic rings. The van der Waals surface area contributed by atoms with Gasteiger partial charge in [0.2, 0.25) is 0 Å². The number of halogens is 1. The number of rotatable bonds is 7. The Balaban J connectivity index is 0.00000261. The van der Waals surface area contributed by atoms with Gasteiger partial charge in [-0.25, -0.2) is 0 Å². The van der Waals surface area contributed by atoms with Gasteiger partial charge in [-0.05, 0) is 36.4 Å². The highest BCUT2D eigenvalue weighted by Gasteiger charge is 2.17.